The predicted molar refractivity (Wildman–Crippen MR) is 88.3 cm³/mol. The lowest BCUT2D eigenvalue weighted by Gasteiger charge is -2.21. The molecule has 21 heavy (non-hydrogen) atoms. The molecule has 2 rings (SSSR count). The Labute approximate surface area is 133 Å². The third kappa shape index (κ3) is 4.25. The fourth-order valence-electron chi connectivity index (χ4n) is 1.93. The second-order valence-corrected chi connectivity index (χ2v) is 6.75. The first-order valence-electron chi connectivity index (χ1n) is 6.87. The molecule has 1 aromatic carbocycles. The number of hydrogen-bond donors (Lipinski definition) is 2. The number of halogens is 1. The number of hydrogen-bond acceptors (Lipinski definition) is 4. The molecule has 5 heteroatoms. The van der Waals surface area contributed by atoms with Crippen molar-refractivity contribution in [3.8, 4) is 0 Å². The molecule has 0 amide bonds. The van der Waals surface area contributed by atoms with Gasteiger partial charge in [0.25, 0.3) is 0 Å². The van der Waals surface area contributed by atoms with Crippen molar-refractivity contribution in [2.75, 3.05) is 11.9 Å². The van der Waals surface area contributed by atoms with Crippen LogP contribution in [0.3, 0.4) is 0 Å². The highest BCUT2D eigenvalue weighted by molar-refractivity contribution is 9.10. The lowest BCUT2D eigenvalue weighted by molar-refractivity contribution is 0.276. The summed E-state index contributed by atoms with van der Waals surface area (Å²) < 4.78 is 0.731. The summed E-state index contributed by atoms with van der Waals surface area (Å²) in [4.78, 5) is 8.97. The van der Waals surface area contributed by atoms with Crippen LogP contribution in [0.2, 0.25) is 0 Å². The van der Waals surface area contributed by atoms with Crippen LogP contribution in [0.15, 0.2) is 41.0 Å². The molecule has 0 radical (unpaired) electrons. The number of aliphatic hydroxyl groups excluding tert-OH is 1. The third-order valence-electron chi connectivity index (χ3n) is 3.07. The molecule has 1 unspecified atom stereocenters. The van der Waals surface area contributed by atoms with Gasteiger partial charge in [-0.15, -0.1) is 0 Å². The zero-order valence-electron chi connectivity index (χ0n) is 12.5. The quantitative estimate of drug-likeness (QED) is 0.826. The highest BCUT2D eigenvalue weighted by Crippen LogP contribution is 2.24. The number of nitrogens with one attached hydrogen (secondary N) is 1. The van der Waals surface area contributed by atoms with Crippen molar-refractivity contribution in [2.24, 2.45) is 0 Å². The van der Waals surface area contributed by atoms with Gasteiger partial charge < -0.3 is 10.4 Å². The Kier molecular flexibility index (Phi) is 4.96. The Morgan fingerprint density at radius 3 is 2.43 bits per heavy atom. The Hall–Kier alpha value is -1.46. The molecule has 4 nitrogen and oxygen atoms in total. The van der Waals surface area contributed by atoms with Gasteiger partial charge in [0.15, 0.2) is 0 Å². The fourth-order valence-corrected chi connectivity index (χ4v) is 2.31. The zero-order valence-corrected chi connectivity index (χ0v) is 14.1. The summed E-state index contributed by atoms with van der Waals surface area (Å²) in [7, 11) is 0. The average molecular weight is 350 g/mol. The molecule has 2 aromatic rings. The van der Waals surface area contributed by atoms with Crippen LogP contribution >= 0.6 is 15.9 Å². The molecule has 0 saturated heterocycles. The molecular formula is C16H20BrN3O. The van der Waals surface area contributed by atoms with E-state index in [9.17, 15) is 5.11 Å². The summed E-state index contributed by atoms with van der Waals surface area (Å²) in [5.41, 5.74) is 0.883. The van der Waals surface area contributed by atoms with E-state index in [1.807, 2.05) is 36.4 Å². The van der Waals surface area contributed by atoms with Gasteiger partial charge in [0, 0.05) is 11.5 Å². The topological polar surface area (TPSA) is 58.0 Å². The molecule has 0 aliphatic carbocycles. The minimum atomic E-state index is -0.194. The first kappa shape index (κ1) is 15.9. The van der Waals surface area contributed by atoms with Gasteiger partial charge in [-0.1, -0.05) is 51.1 Å². The van der Waals surface area contributed by atoms with Crippen LogP contribution in [-0.4, -0.2) is 21.7 Å². The molecule has 1 atom stereocenters. The van der Waals surface area contributed by atoms with Gasteiger partial charge in [-0.05, 0) is 21.5 Å². The number of aliphatic hydroxyl groups is 1. The van der Waals surface area contributed by atoms with E-state index < -0.39 is 0 Å². The summed E-state index contributed by atoms with van der Waals surface area (Å²) in [6.07, 6.45) is 0. The monoisotopic (exact) mass is 349 g/mol. The van der Waals surface area contributed by atoms with Crippen molar-refractivity contribution in [3.63, 3.8) is 0 Å². The molecule has 0 fully saturated rings. The van der Waals surface area contributed by atoms with Crippen molar-refractivity contribution in [1.82, 2.24) is 9.97 Å². The molecule has 0 bridgehead atoms. The average Bonchev–Trinajstić information content (AvgIpc) is 2.44. The SMILES string of the molecule is CC(C)(C)c1nc(Br)cc(NC(CO)c2ccccc2)n1. The van der Waals surface area contributed by atoms with Gasteiger partial charge in [-0.2, -0.15) is 0 Å². The first-order chi connectivity index (χ1) is 9.90. The minimum absolute atomic E-state index is 0.00349. The standard InChI is InChI=1S/C16H20BrN3O/c1-16(2,3)15-19-13(17)9-14(20-15)18-12(10-21)11-7-5-4-6-8-11/h4-9,12,21H,10H2,1-3H3,(H,18,19,20). The van der Waals surface area contributed by atoms with Crippen LogP contribution in [0.25, 0.3) is 0 Å². The summed E-state index contributed by atoms with van der Waals surface area (Å²) >= 11 is 3.42. The van der Waals surface area contributed by atoms with E-state index in [4.69, 9.17) is 0 Å². The van der Waals surface area contributed by atoms with E-state index in [0.717, 1.165) is 16.0 Å². The lowest BCUT2D eigenvalue weighted by atomic mass is 9.96. The summed E-state index contributed by atoms with van der Waals surface area (Å²) in [6, 6.07) is 11.5. The van der Waals surface area contributed by atoms with Gasteiger partial charge in [-0.3, -0.25) is 0 Å². The van der Waals surface area contributed by atoms with Crippen LogP contribution in [0, 0.1) is 0 Å². The van der Waals surface area contributed by atoms with E-state index in [1.54, 1.807) is 0 Å². The molecule has 2 N–H and O–H groups in total. The van der Waals surface area contributed by atoms with Crippen LogP contribution < -0.4 is 5.32 Å². The van der Waals surface area contributed by atoms with E-state index in [0.29, 0.717) is 5.82 Å². The number of nitrogens with zero attached hydrogens (tertiary/aromatic N) is 2. The minimum Gasteiger partial charge on any atom is -0.394 e. The van der Waals surface area contributed by atoms with Crippen LogP contribution in [-0.2, 0) is 5.41 Å². The van der Waals surface area contributed by atoms with E-state index in [1.165, 1.54) is 0 Å². The molecule has 1 aromatic heterocycles. The lowest BCUT2D eigenvalue weighted by Crippen LogP contribution is -2.20. The molecule has 1 heterocycles. The predicted octanol–water partition coefficient (Wildman–Crippen LogP) is 3.68. The highest BCUT2D eigenvalue weighted by atomic mass is 79.9. The van der Waals surface area contributed by atoms with Gasteiger partial charge in [0.05, 0.1) is 12.6 Å². The Balaban J connectivity index is 2.28. The number of benzene rings is 1. The van der Waals surface area contributed by atoms with Gasteiger partial charge in [0.1, 0.15) is 16.2 Å². The molecule has 0 aliphatic heterocycles. The van der Waals surface area contributed by atoms with Crippen molar-refractivity contribution < 1.29 is 5.11 Å². The third-order valence-corrected chi connectivity index (χ3v) is 3.48. The summed E-state index contributed by atoms with van der Waals surface area (Å²) in [6.45, 7) is 6.20. The maximum Gasteiger partial charge on any atom is 0.137 e. The van der Waals surface area contributed by atoms with Gasteiger partial charge in [-0.25, -0.2) is 9.97 Å². The molecule has 0 spiro atoms. The molecular weight excluding hydrogens is 330 g/mol. The first-order valence-corrected chi connectivity index (χ1v) is 7.67. The number of aromatic nitrogens is 2. The Morgan fingerprint density at radius 1 is 1.19 bits per heavy atom. The van der Waals surface area contributed by atoms with Crippen molar-refractivity contribution in [3.05, 3.63) is 52.4 Å². The van der Waals surface area contributed by atoms with Crippen LogP contribution in [0.5, 0.6) is 0 Å². The Morgan fingerprint density at radius 2 is 1.86 bits per heavy atom. The summed E-state index contributed by atoms with van der Waals surface area (Å²) in [5, 5.41) is 12.9. The summed E-state index contributed by atoms with van der Waals surface area (Å²) in [5.74, 6) is 1.45. The number of anilines is 1. The molecule has 0 saturated carbocycles. The maximum absolute atomic E-state index is 9.62. The van der Waals surface area contributed by atoms with Crippen molar-refractivity contribution in [2.45, 2.75) is 32.2 Å². The number of rotatable bonds is 4. The van der Waals surface area contributed by atoms with Crippen molar-refractivity contribution >= 4 is 21.7 Å². The molecule has 0 aliphatic rings. The normalized spacial score (nSPS) is 13.0. The Bertz CT molecular complexity index is 596. The van der Waals surface area contributed by atoms with Crippen molar-refractivity contribution in [1.29, 1.82) is 0 Å². The van der Waals surface area contributed by atoms with E-state index in [-0.39, 0.29) is 18.1 Å². The van der Waals surface area contributed by atoms with Gasteiger partial charge in [0.2, 0.25) is 0 Å². The van der Waals surface area contributed by atoms with Gasteiger partial charge >= 0.3 is 0 Å². The van der Waals surface area contributed by atoms with Crippen LogP contribution in [0.1, 0.15) is 38.2 Å². The maximum atomic E-state index is 9.62. The second kappa shape index (κ2) is 6.54. The smallest absolute Gasteiger partial charge is 0.137 e. The molecule has 112 valence electrons. The van der Waals surface area contributed by atoms with Crippen LogP contribution in [0.4, 0.5) is 5.82 Å². The second-order valence-electron chi connectivity index (χ2n) is 5.94. The highest BCUT2D eigenvalue weighted by Gasteiger charge is 2.19. The zero-order chi connectivity index (χ0) is 15.5. The van der Waals surface area contributed by atoms with E-state index in [2.05, 4.69) is 52.0 Å². The fraction of sp³-hybridized carbons (Fsp3) is 0.375. The largest absolute Gasteiger partial charge is 0.394 e. The van der Waals surface area contributed by atoms with E-state index >= 15 is 0 Å².